The van der Waals surface area contributed by atoms with Crippen LogP contribution in [-0.4, -0.2) is 42.6 Å². The molecule has 1 heterocycles. The van der Waals surface area contributed by atoms with E-state index in [-0.39, 0.29) is 12.0 Å². The summed E-state index contributed by atoms with van der Waals surface area (Å²) in [6, 6.07) is -0.446. The summed E-state index contributed by atoms with van der Waals surface area (Å²) in [5.74, 6) is 0.0000463. The molecule has 1 aliphatic rings. The first kappa shape index (κ1) is 11.2. The fourth-order valence-electron chi connectivity index (χ4n) is 1.53. The SMILES string of the molecule is C=CCC(N)C(=O)N1CCOC(C)C1. The second-order valence-electron chi connectivity index (χ2n) is 3.60. The number of hydrogen-bond donors (Lipinski definition) is 1. The molecule has 0 radical (unpaired) electrons. The molecule has 1 amide bonds. The smallest absolute Gasteiger partial charge is 0.239 e. The third-order valence-corrected chi connectivity index (χ3v) is 2.29. The average molecular weight is 198 g/mol. The van der Waals surface area contributed by atoms with Gasteiger partial charge in [0.1, 0.15) is 0 Å². The molecule has 4 heteroatoms. The van der Waals surface area contributed by atoms with E-state index in [1.165, 1.54) is 0 Å². The molecule has 0 aromatic heterocycles. The molecule has 0 saturated carbocycles. The van der Waals surface area contributed by atoms with Gasteiger partial charge in [-0.15, -0.1) is 6.58 Å². The number of morpholine rings is 1. The second-order valence-corrected chi connectivity index (χ2v) is 3.60. The van der Waals surface area contributed by atoms with E-state index in [1.54, 1.807) is 11.0 Å². The van der Waals surface area contributed by atoms with Crippen LogP contribution in [0.15, 0.2) is 12.7 Å². The average Bonchev–Trinajstić information content (AvgIpc) is 2.17. The quantitative estimate of drug-likeness (QED) is 0.656. The lowest BCUT2D eigenvalue weighted by molar-refractivity contribution is -0.139. The standard InChI is InChI=1S/C10H18N2O2/c1-3-4-9(11)10(13)12-5-6-14-8(2)7-12/h3,8-9H,1,4-7,11H2,2H3. The van der Waals surface area contributed by atoms with Gasteiger partial charge in [-0.1, -0.05) is 6.08 Å². The highest BCUT2D eigenvalue weighted by Crippen LogP contribution is 2.06. The minimum Gasteiger partial charge on any atom is -0.375 e. The van der Waals surface area contributed by atoms with E-state index >= 15 is 0 Å². The lowest BCUT2D eigenvalue weighted by Crippen LogP contribution is -2.50. The van der Waals surface area contributed by atoms with Crippen LogP contribution in [0.5, 0.6) is 0 Å². The van der Waals surface area contributed by atoms with E-state index in [0.29, 0.717) is 26.1 Å². The normalized spacial score (nSPS) is 24.4. The van der Waals surface area contributed by atoms with Crippen LogP contribution in [0.25, 0.3) is 0 Å². The maximum atomic E-state index is 11.7. The lowest BCUT2D eigenvalue weighted by Gasteiger charge is -2.32. The fraction of sp³-hybridized carbons (Fsp3) is 0.700. The highest BCUT2D eigenvalue weighted by Gasteiger charge is 2.24. The van der Waals surface area contributed by atoms with Crippen LogP contribution in [0.2, 0.25) is 0 Å². The molecule has 2 N–H and O–H groups in total. The molecule has 2 atom stereocenters. The van der Waals surface area contributed by atoms with Gasteiger partial charge in [-0.25, -0.2) is 0 Å². The summed E-state index contributed by atoms with van der Waals surface area (Å²) in [7, 11) is 0. The Hall–Kier alpha value is -0.870. The highest BCUT2D eigenvalue weighted by atomic mass is 16.5. The van der Waals surface area contributed by atoms with Crippen molar-refractivity contribution < 1.29 is 9.53 Å². The summed E-state index contributed by atoms with van der Waals surface area (Å²) in [4.78, 5) is 13.5. The van der Waals surface area contributed by atoms with Gasteiger partial charge in [0.2, 0.25) is 5.91 Å². The van der Waals surface area contributed by atoms with Crippen molar-refractivity contribution >= 4 is 5.91 Å². The Bertz CT molecular complexity index is 218. The van der Waals surface area contributed by atoms with E-state index in [0.717, 1.165) is 0 Å². The molecular formula is C10H18N2O2. The third-order valence-electron chi connectivity index (χ3n) is 2.29. The van der Waals surface area contributed by atoms with Crippen LogP contribution in [0.4, 0.5) is 0 Å². The molecule has 1 saturated heterocycles. The molecule has 0 aliphatic carbocycles. The van der Waals surface area contributed by atoms with Crippen molar-refractivity contribution in [2.75, 3.05) is 19.7 Å². The van der Waals surface area contributed by atoms with E-state index in [1.807, 2.05) is 6.92 Å². The molecule has 0 aromatic rings. The van der Waals surface area contributed by atoms with Crippen molar-refractivity contribution in [3.8, 4) is 0 Å². The van der Waals surface area contributed by atoms with E-state index in [9.17, 15) is 4.79 Å². The van der Waals surface area contributed by atoms with E-state index < -0.39 is 6.04 Å². The number of rotatable bonds is 3. The Balaban J connectivity index is 2.46. The molecular weight excluding hydrogens is 180 g/mol. The van der Waals surface area contributed by atoms with Gasteiger partial charge in [0, 0.05) is 13.1 Å². The number of amides is 1. The Morgan fingerprint density at radius 3 is 3.14 bits per heavy atom. The van der Waals surface area contributed by atoms with Crippen LogP contribution >= 0.6 is 0 Å². The highest BCUT2D eigenvalue weighted by molar-refractivity contribution is 5.81. The van der Waals surface area contributed by atoms with Gasteiger partial charge in [0.05, 0.1) is 18.8 Å². The van der Waals surface area contributed by atoms with Gasteiger partial charge in [0.15, 0.2) is 0 Å². The number of carbonyl (C=O) groups is 1. The van der Waals surface area contributed by atoms with Crippen molar-refractivity contribution in [3.05, 3.63) is 12.7 Å². The van der Waals surface area contributed by atoms with Crippen LogP contribution in [0, 0.1) is 0 Å². The monoisotopic (exact) mass is 198 g/mol. The topological polar surface area (TPSA) is 55.6 Å². The zero-order valence-corrected chi connectivity index (χ0v) is 8.61. The zero-order valence-electron chi connectivity index (χ0n) is 8.61. The lowest BCUT2D eigenvalue weighted by atomic mass is 10.1. The van der Waals surface area contributed by atoms with Gasteiger partial charge in [-0.2, -0.15) is 0 Å². The Kier molecular flexibility index (Phi) is 4.10. The summed E-state index contributed by atoms with van der Waals surface area (Å²) in [6.45, 7) is 7.42. The van der Waals surface area contributed by atoms with E-state index in [4.69, 9.17) is 10.5 Å². The third kappa shape index (κ3) is 2.82. The number of hydrogen-bond acceptors (Lipinski definition) is 3. The molecule has 0 spiro atoms. The predicted molar refractivity (Wildman–Crippen MR) is 54.8 cm³/mol. The van der Waals surface area contributed by atoms with Gasteiger partial charge in [-0.3, -0.25) is 4.79 Å². The molecule has 80 valence electrons. The van der Waals surface area contributed by atoms with Crippen molar-refractivity contribution in [1.29, 1.82) is 0 Å². The first-order valence-electron chi connectivity index (χ1n) is 4.92. The van der Waals surface area contributed by atoms with Gasteiger partial charge in [0.25, 0.3) is 0 Å². The van der Waals surface area contributed by atoms with Crippen LogP contribution in [-0.2, 0) is 9.53 Å². The molecule has 1 rings (SSSR count). The van der Waals surface area contributed by atoms with Crippen LogP contribution in [0.1, 0.15) is 13.3 Å². The first-order valence-corrected chi connectivity index (χ1v) is 4.92. The zero-order chi connectivity index (χ0) is 10.6. The first-order chi connectivity index (χ1) is 6.65. The largest absolute Gasteiger partial charge is 0.375 e. The summed E-state index contributed by atoms with van der Waals surface area (Å²) >= 11 is 0. The predicted octanol–water partition coefficient (Wildman–Crippen LogP) is 0.137. The number of nitrogens with zero attached hydrogens (tertiary/aromatic N) is 1. The second kappa shape index (κ2) is 5.12. The fourth-order valence-corrected chi connectivity index (χ4v) is 1.53. The molecule has 2 unspecified atom stereocenters. The van der Waals surface area contributed by atoms with Gasteiger partial charge >= 0.3 is 0 Å². The summed E-state index contributed by atoms with van der Waals surface area (Å²) in [5, 5.41) is 0. The number of carbonyl (C=O) groups excluding carboxylic acids is 1. The van der Waals surface area contributed by atoms with E-state index in [2.05, 4.69) is 6.58 Å². The van der Waals surface area contributed by atoms with Crippen molar-refractivity contribution in [1.82, 2.24) is 4.90 Å². The maximum absolute atomic E-state index is 11.7. The molecule has 4 nitrogen and oxygen atoms in total. The van der Waals surface area contributed by atoms with Crippen molar-refractivity contribution in [2.24, 2.45) is 5.73 Å². The number of nitrogens with two attached hydrogens (primary N) is 1. The molecule has 0 aromatic carbocycles. The molecule has 14 heavy (non-hydrogen) atoms. The van der Waals surface area contributed by atoms with Gasteiger partial charge < -0.3 is 15.4 Å². The molecule has 0 bridgehead atoms. The van der Waals surface area contributed by atoms with Crippen molar-refractivity contribution in [2.45, 2.75) is 25.5 Å². The Labute approximate surface area is 84.7 Å². The Morgan fingerprint density at radius 2 is 2.57 bits per heavy atom. The maximum Gasteiger partial charge on any atom is 0.239 e. The number of ether oxygens (including phenoxy) is 1. The minimum absolute atomic E-state index is 0.0000463. The minimum atomic E-state index is -0.446. The van der Waals surface area contributed by atoms with Crippen LogP contribution in [0.3, 0.4) is 0 Å². The molecule has 1 aliphatic heterocycles. The van der Waals surface area contributed by atoms with Gasteiger partial charge in [-0.05, 0) is 13.3 Å². The van der Waals surface area contributed by atoms with Crippen molar-refractivity contribution in [3.63, 3.8) is 0 Å². The summed E-state index contributed by atoms with van der Waals surface area (Å²) in [6.07, 6.45) is 2.32. The van der Waals surface area contributed by atoms with Crippen LogP contribution < -0.4 is 5.73 Å². The summed E-state index contributed by atoms with van der Waals surface area (Å²) < 4.78 is 5.34. The molecule has 1 fully saturated rings. The summed E-state index contributed by atoms with van der Waals surface area (Å²) in [5.41, 5.74) is 5.70. The Morgan fingerprint density at radius 1 is 1.86 bits per heavy atom.